The van der Waals surface area contributed by atoms with Crippen LogP contribution >= 0.6 is 0 Å². The second-order valence-corrected chi connectivity index (χ2v) is 20.7. The fourth-order valence-electron chi connectivity index (χ4n) is 10.6. The number of aromatic hydroxyl groups is 3. The Morgan fingerprint density at radius 3 is 2.22 bits per heavy atom. The lowest BCUT2D eigenvalue weighted by molar-refractivity contribution is -0.112. The van der Waals surface area contributed by atoms with Crippen LogP contribution < -0.4 is 25.1 Å². The number of hydrazone groups is 1. The first-order valence-corrected chi connectivity index (χ1v) is 25.0. The smallest absolute Gasteiger partial charge is 0.312 e. The van der Waals surface area contributed by atoms with Crippen molar-refractivity contribution in [1.82, 2.24) is 9.58 Å². The van der Waals surface area contributed by atoms with Gasteiger partial charge in [0, 0.05) is 85.1 Å². The van der Waals surface area contributed by atoms with Gasteiger partial charge in [0.1, 0.15) is 22.9 Å². The number of aromatic nitrogens is 1. The molecular weight excluding hydrogens is 958 g/mol. The normalized spacial score (nSPS) is 29.9. The van der Waals surface area contributed by atoms with E-state index < -0.39 is 94.7 Å². The van der Waals surface area contributed by atoms with Gasteiger partial charge >= 0.3 is 5.79 Å². The number of ether oxygens (including phenoxy) is 4. The number of fused-ring (bicyclic) bond motifs is 15. The summed E-state index contributed by atoms with van der Waals surface area (Å²) in [6, 6.07) is 1.00. The van der Waals surface area contributed by atoms with E-state index in [4.69, 9.17) is 24.0 Å². The average molecular weight is 1030 g/mol. The predicted octanol–water partition coefficient (Wildman–Crippen LogP) is 6.83. The summed E-state index contributed by atoms with van der Waals surface area (Å²) in [4.78, 5) is 43.8. The molecule has 5 aliphatic rings. The zero-order valence-electron chi connectivity index (χ0n) is 43.6. The molecule has 3 aromatic carbocycles. The number of methoxy groups -OCH3 is 2. The van der Waals surface area contributed by atoms with Gasteiger partial charge in [0.15, 0.2) is 22.7 Å². The summed E-state index contributed by atoms with van der Waals surface area (Å²) in [6.45, 7) is 15.3. The second-order valence-electron chi connectivity index (χ2n) is 20.7. The number of aryl methyl sites for hydroxylation is 1. The van der Waals surface area contributed by atoms with Crippen molar-refractivity contribution >= 4 is 51.0 Å². The minimum atomic E-state index is -2.10. The monoisotopic (exact) mass is 1030 g/mol. The number of nitrogens with one attached hydrogen (secondary N) is 1. The van der Waals surface area contributed by atoms with E-state index in [1.807, 2.05) is 16.4 Å². The number of rotatable bonds is 6. The highest BCUT2D eigenvalue weighted by molar-refractivity contribution is 6.24. The maximum absolute atomic E-state index is 16.3. The number of nitrogens with zero attached hydrogens (tertiary/aromatic N) is 4. The number of hydrogen-bond acceptors (Lipinski definition) is 16. The molecule has 1 saturated heterocycles. The average Bonchev–Trinajstić information content (AvgIpc) is 4.19. The quantitative estimate of drug-likeness (QED) is 0.0594. The van der Waals surface area contributed by atoms with Crippen LogP contribution in [-0.4, -0.2) is 128 Å². The second kappa shape index (κ2) is 20.6. The first-order chi connectivity index (χ1) is 35.0. The molecule has 10 atom stereocenters. The first-order valence-electron chi connectivity index (χ1n) is 25.0. The van der Waals surface area contributed by atoms with Gasteiger partial charge in [0.05, 0.1) is 89.7 Å². The number of carbonyl (C=O) groups is 2. The molecule has 0 radical (unpaired) electrons. The van der Waals surface area contributed by atoms with E-state index in [1.165, 1.54) is 65.7 Å². The minimum Gasteiger partial charge on any atom is -0.507 e. The van der Waals surface area contributed by atoms with Crippen molar-refractivity contribution in [1.29, 1.82) is 0 Å². The molecule has 1 aromatic heterocycles. The molecule has 9 rings (SSSR count). The SMILES string of the molecule is COc1c(N2CCN(/N=C\c3c4c(O)c5c(O)c(C)c6c(c5c3O)C(=O)[C@@](C)(O/C=C/[C@H](OC)[C@@H](C)[C@@H](O)[C@H](C)[C@H](O)[C@H](C)[C@@H](O)[C@@H](C)/C=C/C=C(/C)C(=O)N4)O6)C(C)C2)c(F)cc2c(=O)c(C)cn(C3CC3)c12. The van der Waals surface area contributed by atoms with Crippen molar-refractivity contribution in [2.75, 3.05) is 44.1 Å². The van der Waals surface area contributed by atoms with E-state index in [-0.39, 0.29) is 92.4 Å². The number of pyridine rings is 1. The lowest BCUT2D eigenvalue weighted by atomic mass is 9.78. The number of aliphatic hydroxyl groups excluding tert-OH is 3. The highest BCUT2D eigenvalue weighted by Gasteiger charge is 2.50. The summed E-state index contributed by atoms with van der Waals surface area (Å²) < 4.78 is 42.0. The Balaban J connectivity index is 1.21. The molecule has 5 heterocycles. The Labute approximate surface area is 428 Å². The standard InChI is InChI=1S/C55H68FN5O13/c1-25-13-12-14-26(2)54(70)58-41-35(22-57-61-19-18-59(24-28(61)4)43-36(56)21-34-42(52(43)72-11)60(33-15-16-33)23-27(3)45(34)63)49(67)38-39(50(41)68)48(66)32(8)51-40(38)53(69)55(9,74-51)73-20-17-37(71-10)29(5)46(64)31(7)47(65)30(6)44(25)62/h12-14,17,20-23,25,28-31,33,37,44,46-47,62,64-68H,15-16,18-19,24H2,1-11H3,(H,58,70)/b13-12+,20-17+,26-14-,57-22-/t25-,28?,29+,30+,31-,37-,44-,46+,47+,55-/m0/s1. The van der Waals surface area contributed by atoms with Crippen LogP contribution in [0.5, 0.6) is 28.7 Å². The topological polar surface area (TPSA) is 245 Å². The number of hydrogen-bond donors (Lipinski definition) is 7. The van der Waals surface area contributed by atoms with Crippen LogP contribution in [0.1, 0.15) is 94.4 Å². The lowest BCUT2D eigenvalue weighted by Crippen LogP contribution is -2.50. The molecule has 18 nitrogen and oxygen atoms in total. The molecule has 1 saturated carbocycles. The maximum Gasteiger partial charge on any atom is 0.312 e. The van der Waals surface area contributed by atoms with Gasteiger partial charge in [-0.15, -0.1) is 0 Å². The third kappa shape index (κ3) is 9.32. The Morgan fingerprint density at radius 1 is 0.892 bits per heavy atom. The van der Waals surface area contributed by atoms with Gasteiger partial charge in [-0.25, -0.2) is 4.39 Å². The molecule has 1 aliphatic carbocycles. The number of aliphatic hydroxyl groups is 3. The molecule has 0 spiro atoms. The van der Waals surface area contributed by atoms with Gasteiger partial charge in [-0.2, -0.15) is 5.10 Å². The number of ketones is 1. The Kier molecular flexibility index (Phi) is 14.9. The van der Waals surface area contributed by atoms with Crippen molar-refractivity contribution in [2.24, 2.45) is 28.8 Å². The van der Waals surface area contributed by atoms with Crippen molar-refractivity contribution in [3.8, 4) is 28.7 Å². The molecule has 2 fully saturated rings. The zero-order chi connectivity index (χ0) is 54.0. The molecule has 19 heteroatoms. The Hall–Kier alpha value is -6.67. The molecule has 1 unspecified atom stereocenters. The number of benzene rings is 3. The highest BCUT2D eigenvalue weighted by Crippen LogP contribution is 2.55. The largest absolute Gasteiger partial charge is 0.507 e. The van der Waals surface area contributed by atoms with Crippen LogP contribution in [0.4, 0.5) is 15.8 Å². The van der Waals surface area contributed by atoms with Crippen LogP contribution in [0.25, 0.3) is 21.7 Å². The van der Waals surface area contributed by atoms with E-state index in [9.17, 15) is 45.0 Å². The summed E-state index contributed by atoms with van der Waals surface area (Å²) in [5.41, 5.74) is 0.254. The number of Topliss-reactive ketones (excluding diaryl/α,β-unsaturated/α-hetero) is 1. The highest BCUT2D eigenvalue weighted by atomic mass is 19.1. The molecular formula is C55H68FN5O13. The van der Waals surface area contributed by atoms with E-state index in [0.717, 1.165) is 12.8 Å². The summed E-state index contributed by atoms with van der Waals surface area (Å²) in [5, 5.41) is 79.2. The summed E-state index contributed by atoms with van der Waals surface area (Å²) in [5.74, 6) is -8.68. The van der Waals surface area contributed by atoms with Crippen molar-refractivity contribution in [3.63, 3.8) is 0 Å². The number of piperazine rings is 1. The molecule has 74 heavy (non-hydrogen) atoms. The number of allylic oxidation sites excluding steroid dienone is 2. The van der Waals surface area contributed by atoms with Gasteiger partial charge < -0.3 is 64.4 Å². The van der Waals surface area contributed by atoms with E-state index in [0.29, 0.717) is 11.1 Å². The van der Waals surface area contributed by atoms with Crippen molar-refractivity contribution < 1.29 is 63.6 Å². The summed E-state index contributed by atoms with van der Waals surface area (Å²) in [6.07, 6.45) is 8.04. The van der Waals surface area contributed by atoms with Gasteiger partial charge in [0.2, 0.25) is 0 Å². The fraction of sp³-hybridized carbons (Fsp3) is 0.491. The molecule has 4 aliphatic heterocycles. The van der Waals surface area contributed by atoms with Gasteiger partial charge in [-0.1, -0.05) is 45.9 Å². The molecule has 7 N–H and O–H groups in total. The van der Waals surface area contributed by atoms with Crippen LogP contribution in [0, 0.1) is 43.3 Å². The predicted molar refractivity (Wildman–Crippen MR) is 278 cm³/mol. The molecule has 5 bridgehead atoms. The molecule has 398 valence electrons. The lowest BCUT2D eigenvalue weighted by Gasteiger charge is -2.40. The third-order valence-corrected chi connectivity index (χ3v) is 15.5. The molecule has 1 amide bonds. The van der Waals surface area contributed by atoms with E-state index in [2.05, 4.69) is 5.32 Å². The zero-order valence-corrected chi connectivity index (χ0v) is 43.6. The van der Waals surface area contributed by atoms with Gasteiger partial charge in [-0.05, 0) is 52.7 Å². The van der Waals surface area contributed by atoms with Crippen molar-refractivity contribution in [3.05, 3.63) is 86.7 Å². The minimum absolute atomic E-state index is 0.0130. The Morgan fingerprint density at radius 2 is 1.57 bits per heavy atom. The van der Waals surface area contributed by atoms with Crippen LogP contribution in [-0.2, 0) is 14.3 Å². The third-order valence-electron chi connectivity index (χ3n) is 15.5. The first kappa shape index (κ1) is 53.6. The molecule has 4 aromatic rings. The number of phenols is 3. The number of phenolic OH excluding ortho intramolecular Hbond substituents is 3. The summed E-state index contributed by atoms with van der Waals surface area (Å²) >= 11 is 0. The van der Waals surface area contributed by atoms with E-state index in [1.54, 1.807) is 58.0 Å². The Bertz CT molecular complexity index is 3090. The van der Waals surface area contributed by atoms with Crippen LogP contribution in [0.15, 0.2) is 58.3 Å². The van der Waals surface area contributed by atoms with Gasteiger partial charge in [-0.3, -0.25) is 19.4 Å². The van der Waals surface area contributed by atoms with E-state index >= 15 is 4.39 Å². The van der Waals surface area contributed by atoms with Crippen LogP contribution in [0.3, 0.4) is 0 Å². The summed E-state index contributed by atoms with van der Waals surface area (Å²) in [7, 11) is 2.87. The van der Waals surface area contributed by atoms with Gasteiger partial charge in [0.25, 0.3) is 11.7 Å². The fourth-order valence-corrected chi connectivity index (χ4v) is 10.6. The number of halogens is 1. The number of carbonyl (C=O) groups excluding carboxylic acids is 2. The number of amides is 1. The van der Waals surface area contributed by atoms with Crippen LogP contribution in [0.2, 0.25) is 0 Å². The number of anilines is 2. The van der Waals surface area contributed by atoms with Crippen molar-refractivity contribution in [2.45, 2.75) is 117 Å². The maximum atomic E-state index is 16.3.